The van der Waals surface area contributed by atoms with E-state index in [2.05, 4.69) is 39.0 Å². The number of hydrogen-bond donors (Lipinski definition) is 0. The van der Waals surface area contributed by atoms with Gasteiger partial charge in [0, 0.05) is 0 Å². The lowest BCUT2D eigenvalue weighted by Crippen LogP contribution is -2.28. The number of rotatable bonds is 1. The van der Waals surface area contributed by atoms with Crippen molar-refractivity contribution >= 4 is 0 Å². The standard InChI is InChI=1S/C14H20O/c1-10-7-11-5-6-12(15-4)8-13(11)14(2,3)9-10/h5-6,8,10H,7,9H2,1-4H3. The molecule has 0 fully saturated rings. The van der Waals surface area contributed by atoms with Crippen LogP contribution in [0.4, 0.5) is 0 Å². The molecule has 1 aliphatic rings. The molecule has 1 aromatic carbocycles. The lowest BCUT2D eigenvalue weighted by molar-refractivity contribution is 0.344. The smallest absolute Gasteiger partial charge is 0.119 e. The first-order valence-corrected chi connectivity index (χ1v) is 5.70. The molecular weight excluding hydrogens is 184 g/mol. The molecule has 2 rings (SSSR count). The minimum atomic E-state index is 0.293. The van der Waals surface area contributed by atoms with Crippen LogP contribution in [0.1, 0.15) is 38.3 Å². The van der Waals surface area contributed by atoms with Crippen molar-refractivity contribution in [2.75, 3.05) is 7.11 Å². The topological polar surface area (TPSA) is 9.23 Å². The molecule has 0 spiro atoms. The van der Waals surface area contributed by atoms with Crippen molar-refractivity contribution in [3.8, 4) is 5.75 Å². The van der Waals surface area contributed by atoms with Gasteiger partial charge in [-0.05, 0) is 47.4 Å². The van der Waals surface area contributed by atoms with Gasteiger partial charge < -0.3 is 4.74 Å². The van der Waals surface area contributed by atoms with Crippen LogP contribution in [0.3, 0.4) is 0 Å². The van der Waals surface area contributed by atoms with Gasteiger partial charge in [-0.2, -0.15) is 0 Å². The van der Waals surface area contributed by atoms with E-state index in [1.54, 1.807) is 7.11 Å². The average molecular weight is 204 g/mol. The Morgan fingerprint density at radius 1 is 1.33 bits per heavy atom. The van der Waals surface area contributed by atoms with Crippen LogP contribution < -0.4 is 4.74 Å². The Balaban J connectivity index is 2.48. The van der Waals surface area contributed by atoms with Crippen molar-refractivity contribution in [2.45, 2.75) is 39.0 Å². The van der Waals surface area contributed by atoms with Crippen LogP contribution in [-0.4, -0.2) is 7.11 Å². The van der Waals surface area contributed by atoms with E-state index in [9.17, 15) is 0 Å². The van der Waals surface area contributed by atoms with Gasteiger partial charge in [0.05, 0.1) is 7.11 Å². The summed E-state index contributed by atoms with van der Waals surface area (Å²) in [6.07, 6.45) is 2.48. The van der Waals surface area contributed by atoms with Gasteiger partial charge in [0.1, 0.15) is 5.75 Å². The fraction of sp³-hybridized carbons (Fsp3) is 0.571. The number of methoxy groups -OCH3 is 1. The molecule has 1 heteroatoms. The average Bonchev–Trinajstić information content (AvgIpc) is 2.16. The highest BCUT2D eigenvalue weighted by atomic mass is 16.5. The Labute approximate surface area is 92.5 Å². The molecule has 0 amide bonds. The zero-order chi connectivity index (χ0) is 11.1. The molecule has 0 N–H and O–H groups in total. The highest BCUT2D eigenvalue weighted by molar-refractivity contribution is 5.41. The van der Waals surface area contributed by atoms with Gasteiger partial charge in [-0.25, -0.2) is 0 Å². The summed E-state index contributed by atoms with van der Waals surface area (Å²) in [5.41, 5.74) is 3.26. The maximum Gasteiger partial charge on any atom is 0.119 e. The summed E-state index contributed by atoms with van der Waals surface area (Å²) in [6, 6.07) is 6.51. The van der Waals surface area contributed by atoms with Gasteiger partial charge in [0.15, 0.2) is 0 Å². The van der Waals surface area contributed by atoms with E-state index >= 15 is 0 Å². The Bertz CT molecular complexity index is 366. The van der Waals surface area contributed by atoms with Crippen molar-refractivity contribution in [2.24, 2.45) is 5.92 Å². The third-order valence-electron chi connectivity index (χ3n) is 3.47. The summed E-state index contributed by atoms with van der Waals surface area (Å²) in [7, 11) is 1.74. The second-order valence-corrected chi connectivity index (χ2v) is 5.42. The van der Waals surface area contributed by atoms with Gasteiger partial charge in [0.25, 0.3) is 0 Å². The molecule has 1 unspecified atom stereocenters. The largest absolute Gasteiger partial charge is 0.497 e. The van der Waals surface area contributed by atoms with E-state index in [1.165, 1.54) is 24.0 Å². The minimum Gasteiger partial charge on any atom is -0.497 e. The second kappa shape index (κ2) is 3.55. The normalized spacial score (nSPS) is 23.3. The zero-order valence-electron chi connectivity index (χ0n) is 10.1. The number of ether oxygens (including phenoxy) is 1. The molecule has 1 atom stereocenters. The molecule has 15 heavy (non-hydrogen) atoms. The summed E-state index contributed by atoms with van der Waals surface area (Å²) in [6.45, 7) is 7.01. The monoisotopic (exact) mass is 204 g/mol. The summed E-state index contributed by atoms with van der Waals surface area (Å²) in [4.78, 5) is 0. The fourth-order valence-corrected chi connectivity index (χ4v) is 2.92. The fourth-order valence-electron chi connectivity index (χ4n) is 2.92. The van der Waals surface area contributed by atoms with Crippen molar-refractivity contribution in [3.63, 3.8) is 0 Å². The third-order valence-corrected chi connectivity index (χ3v) is 3.47. The van der Waals surface area contributed by atoms with Crippen molar-refractivity contribution < 1.29 is 4.74 Å². The number of benzene rings is 1. The van der Waals surface area contributed by atoms with Crippen molar-refractivity contribution in [1.29, 1.82) is 0 Å². The van der Waals surface area contributed by atoms with Crippen LogP contribution in [0.5, 0.6) is 5.75 Å². The van der Waals surface area contributed by atoms with E-state index in [0.717, 1.165) is 11.7 Å². The van der Waals surface area contributed by atoms with Gasteiger partial charge in [-0.15, -0.1) is 0 Å². The van der Waals surface area contributed by atoms with Gasteiger partial charge in [-0.3, -0.25) is 0 Å². The van der Waals surface area contributed by atoms with Crippen LogP contribution in [0.2, 0.25) is 0 Å². The van der Waals surface area contributed by atoms with Crippen LogP contribution >= 0.6 is 0 Å². The Morgan fingerprint density at radius 2 is 2.07 bits per heavy atom. The molecule has 1 aliphatic carbocycles. The molecule has 0 radical (unpaired) electrons. The SMILES string of the molecule is COc1ccc2c(c1)C(C)(C)CC(C)C2. The molecular formula is C14H20O. The number of fused-ring (bicyclic) bond motifs is 1. The molecule has 0 heterocycles. The summed E-state index contributed by atoms with van der Waals surface area (Å²) in [5.74, 6) is 1.78. The minimum absolute atomic E-state index is 0.293. The van der Waals surface area contributed by atoms with E-state index in [0.29, 0.717) is 5.41 Å². The van der Waals surface area contributed by atoms with E-state index in [4.69, 9.17) is 4.74 Å². The zero-order valence-corrected chi connectivity index (χ0v) is 10.1. The molecule has 0 saturated heterocycles. The summed E-state index contributed by atoms with van der Waals surface area (Å²) in [5, 5.41) is 0. The van der Waals surface area contributed by atoms with Gasteiger partial charge in [0.2, 0.25) is 0 Å². The molecule has 1 aromatic rings. The summed E-state index contributed by atoms with van der Waals surface area (Å²) >= 11 is 0. The predicted octanol–water partition coefficient (Wildman–Crippen LogP) is 3.56. The maximum atomic E-state index is 5.30. The first kappa shape index (κ1) is 10.5. The third kappa shape index (κ3) is 1.88. The molecule has 0 aromatic heterocycles. The van der Waals surface area contributed by atoms with Crippen LogP contribution in [-0.2, 0) is 11.8 Å². The van der Waals surface area contributed by atoms with Crippen molar-refractivity contribution in [3.05, 3.63) is 29.3 Å². The predicted molar refractivity (Wildman–Crippen MR) is 63.5 cm³/mol. The maximum absolute atomic E-state index is 5.30. The lowest BCUT2D eigenvalue weighted by Gasteiger charge is -2.36. The Kier molecular flexibility index (Phi) is 2.49. The van der Waals surface area contributed by atoms with Crippen LogP contribution in [0.15, 0.2) is 18.2 Å². The van der Waals surface area contributed by atoms with E-state index < -0.39 is 0 Å². The van der Waals surface area contributed by atoms with Gasteiger partial charge in [-0.1, -0.05) is 26.8 Å². The Morgan fingerprint density at radius 3 is 2.73 bits per heavy atom. The number of hydrogen-bond acceptors (Lipinski definition) is 1. The molecule has 82 valence electrons. The molecule has 0 saturated carbocycles. The second-order valence-electron chi connectivity index (χ2n) is 5.42. The molecule has 0 bridgehead atoms. The molecule has 0 aliphatic heterocycles. The lowest BCUT2D eigenvalue weighted by atomic mass is 9.69. The van der Waals surface area contributed by atoms with E-state index in [1.807, 2.05) is 0 Å². The van der Waals surface area contributed by atoms with Crippen LogP contribution in [0, 0.1) is 5.92 Å². The van der Waals surface area contributed by atoms with E-state index in [-0.39, 0.29) is 0 Å². The quantitative estimate of drug-likeness (QED) is 0.679. The first-order valence-electron chi connectivity index (χ1n) is 5.70. The summed E-state index contributed by atoms with van der Waals surface area (Å²) < 4.78 is 5.30. The highest BCUT2D eigenvalue weighted by Crippen LogP contribution is 2.40. The van der Waals surface area contributed by atoms with Crippen molar-refractivity contribution in [1.82, 2.24) is 0 Å². The first-order chi connectivity index (χ1) is 7.03. The Hall–Kier alpha value is -0.980. The molecule has 1 nitrogen and oxygen atoms in total. The van der Waals surface area contributed by atoms with Gasteiger partial charge >= 0.3 is 0 Å². The highest BCUT2D eigenvalue weighted by Gasteiger charge is 2.31. The van der Waals surface area contributed by atoms with Crippen LogP contribution in [0.25, 0.3) is 0 Å².